The number of aromatic nitrogens is 3. The van der Waals surface area contributed by atoms with Gasteiger partial charge in [-0.2, -0.15) is 15.0 Å². The van der Waals surface area contributed by atoms with Gasteiger partial charge in [0.1, 0.15) is 0 Å². The Morgan fingerprint density at radius 1 is 1.26 bits per heavy atom. The molecule has 2 aromatic heterocycles. The van der Waals surface area contributed by atoms with E-state index in [0.717, 1.165) is 23.9 Å². The maximum Gasteiger partial charge on any atom is 0.230 e. The number of anilines is 2. The van der Waals surface area contributed by atoms with Crippen LogP contribution in [-0.2, 0) is 0 Å². The minimum absolute atomic E-state index is 0.580. The van der Waals surface area contributed by atoms with E-state index in [4.69, 9.17) is 11.6 Å². The van der Waals surface area contributed by atoms with Gasteiger partial charge in [0.25, 0.3) is 0 Å². The number of halogens is 1. The van der Waals surface area contributed by atoms with E-state index < -0.39 is 0 Å². The molecule has 100 valence electrons. The van der Waals surface area contributed by atoms with Crippen molar-refractivity contribution in [2.24, 2.45) is 0 Å². The standard InChI is InChI=1S/C12H14ClN5S/c1-14-11-15-10(9-8(13)4-7-19-9)16-12(17-11)18-5-2-3-6-18/h4,7H,2-3,5-6H2,1H3,(H,14,15,16,17). The SMILES string of the molecule is CNc1nc(-c2sccc2Cl)nc(N2CCCC2)n1. The molecule has 5 nitrogen and oxygen atoms in total. The van der Waals surface area contributed by atoms with E-state index in [-0.39, 0.29) is 0 Å². The summed E-state index contributed by atoms with van der Waals surface area (Å²) < 4.78 is 0. The third-order valence-electron chi connectivity index (χ3n) is 3.06. The number of thiophene rings is 1. The van der Waals surface area contributed by atoms with Crippen molar-refractivity contribution in [1.29, 1.82) is 0 Å². The first-order valence-electron chi connectivity index (χ1n) is 6.20. The molecule has 1 fully saturated rings. The topological polar surface area (TPSA) is 53.9 Å². The largest absolute Gasteiger partial charge is 0.357 e. The molecule has 1 saturated heterocycles. The summed E-state index contributed by atoms with van der Waals surface area (Å²) in [6.45, 7) is 2.01. The van der Waals surface area contributed by atoms with Crippen molar-refractivity contribution in [1.82, 2.24) is 15.0 Å². The molecule has 0 bridgehead atoms. The maximum absolute atomic E-state index is 6.16. The van der Waals surface area contributed by atoms with Crippen LogP contribution in [0.25, 0.3) is 10.7 Å². The van der Waals surface area contributed by atoms with E-state index in [2.05, 4.69) is 25.2 Å². The van der Waals surface area contributed by atoms with Crippen LogP contribution in [0.5, 0.6) is 0 Å². The summed E-state index contributed by atoms with van der Waals surface area (Å²) in [4.78, 5) is 16.5. The van der Waals surface area contributed by atoms with Gasteiger partial charge in [-0.15, -0.1) is 11.3 Å². The third-order valence-corrected chi connectivity index (χ3v) is 4.39. The average Bonchev–Trinajstić information content (AvgIpc) is 3.09. The average molecular weight is 296 g/mol. The van der Waals surface area contributed by atoms with Crippen molar-refractivity contribution >= 4 is 34.8 Å². The van der Waals surface area contributed by atoms with Crippen LogP contribution < -0.4 is 10.2 Å². The van der Waals surface area contributed by atoms with E-state index in [1.807, 2.05) is 18.5 Å². The zero-order valence-corrected chi connectivity index (χ0v) is 12.1. The van der Waals surface area contributed by atoms with Crippen LogP contribution in [0.2, 0.25) is 5.02 Å². The van der Waals surface area contributed by atoms with Gasteiger partial charge in [0.15, 0.2) is 5.82 Å². The number of hydrogen-bond donors (Lipinski definition) is 1. The Bertz CT molecular complexity index is 579. The van der Waals surface area contributed by atoms with Crippen molar-refractivity contribution in [3.8, 4) is 10.7 Å². The normalized spacial score (nSPS) is 14.9. The molecule has 7 heteroatoms. The molecule has 3 rings (SSSR count). The van der Waals surface area contributed by atoms with Crippen molar-refractivity contribution in [3.05, 3.63) is 16.5 Å². The van der Waals surface area contributed by atoms with Gasteiger partial charge in [-0.1, -0.05) is 11.6 Å². The first-order chi connectivity index (χ1) is 9.28. The van der Waals surface area contributed by atoms with Gasteiger partial charge < -0.3 is 10.2 Å². The Kier molecular flexibility index (Phi) is 3.52. The van der Waals surface area contributed by atoms with Crippen LogP contribution in [0.1, 0.15) is 12.8 Å². The molecule has 1 N–H and O–H groups in total. The van der Waals surface area contributed by atoms with Crippen LogP contribution in [-0.4, -0.2) is 35.1 Å². The lowest BCUT2D eigenvalue weighted by Gasteiger charge is -2.16. The first-order valence-corrected chi connectivity index (χ1v) is 7.46. The summed E-state index contributed by atoms with van der Waals surface area (Å²) in [6.07, 6.45) is 2.38. The molecular weight excluding hydrogens is 282 g/mol. The van der Waals surface area contributed by atoms with Gasteiger partial charge >= 0.3 is 0 Å². The number of rotatable bonds is 3. The Labute approximate surface area is 120 Å². The summed E-state index contributed by atoms with van der Waals surface area (Å²) >= 11 is 7.70. The molecule has 0 aliphatic carbocycles. The highest BCUT2D eigenvalue weighted by Gasteiger charge is 2.18. The lowest BCUT2D eigenvalue weighted by atomic mass is 10.4. The summed E-state index contributed by atoms with van der Waals surface area (Å²) in [5.41, 5.74) is 0. The zero-order chi connectivity index (χ0) is 13.2. The van der Waals surface area contributed by atoms with Crippen LogP contribution in [0, 0.1) is 0 Å². The molecule has 0 radical (unpaired) electrons. The quantitative estimate of drug-likeness (QED) is 0.943. The molecule has 3 heterocycles. The molecule has 0 saturated carbocycles. The van der Waals surface area contributed by atoms with Gasteiger partial charge in [0.05, 0.1) is 9.90 Å². The Morgan fingerprint density at radius 2 is 2.05 bits per heavy atom. The number of hydrogen-bond acceptors (Lipinski definition) is 6. The molecule has 0 unspecified atom stereocenters. The molecule has 0 spiro atoms. The van der Waals surface area contributed by atoms with Gasteiger partial charge in [-0.3, -0.25) is 0 Å². The highest BCUT2D eigenvalue weighted by molar-refractivity contribution is 7.14. The molecule has 19 heavy (non-hydrogen) atoms. The molecule has 1 aliphatic heterocycles. The van der Waals surface area contributed by atoms with E-state index in [1.54, 1.807) is 11.3 Å². The lowest BCUT2D eigenvalue weighted by molar-refractivity contribution is 0.885. The lowest BCUT2D eigenvalue weighted by Crippen LogP contribution is -2.21. The van der Waals surface area contributed by atoms with E-state index in [9.17, 15) is 0 Å². The van der Waals surface area contributed by atoms with Gasteiger partial charge in [0, 0.05) is 20.1 Å². The molecule has 2 aromatic rings. The summed E-state index contributed by atoms with van der Waals surface area (Å²) in [7, 11) is 1.81. The summed E-state index contributed by atoms with van der Waals surface area (Å²) in [6, 6.07) is 1.86. The van der Waals surface area contributed by atoms with Crippen LogP contribution in [0.4, 0.5) is 11.9 Å². The molecule has 0 amide bonds. The fourth-order valence-corrected chi connectivity index (χ4v) is 3.16. The van der Waals surface area contributed by atoms with E-state index in [1.165, 1.54) is 12.8 Å². The van der Waals surface area contributed by atoms with Gasteiger partial charge in [-0.05, 0) is 24.3 Å². The zero-order valence-electron chi connectivity index (χ0n) is 10.6. The van der Waals surface area contributed by atoms with E-state index in [0.29, 0.717) is 16.8 Å². The predicted octanol–water partition coefficient (Wildman–Crippen LogP) is 2.90. The number of nitrogens with zero attached hydrogens (tertiary/aromatic N) is 4. The maximum atomic E-state index is 6.16. The monoisotopic (exact) mass is 295 g/mol. The second kappa shape index (κ2) is 5.30. The summed E-state index contributed by atoms with van der Waals surface area (Å²) in [5.74, 6) is 1.95. The predicted molar refractivity (Wildman–Crippen MR) is 79.1 cm³/mol. The van der Waals surface area contributed by atoms with Crippen LogP contribution in [0.15, 0.2) is 11.4 Å². The van der Waals surface area contributed by atoms with Gasteiger partial charge in [-0.25, -0.2) is 0 Å². The highest BCUT2D eigenvalue weighted by Crippen LogP contribution is 2.32. The van der Waals surface area contributed by atoms with Crippen molar-refractivity contribution in [2.45, 2.75) is 12.8 Å². The smallest absolute Gasteiger partial charge is 0.230 e. The van der Waals surface area contributed by atoms with Crippen molar-refractivity contribution in [3.63, 3.8) is 0 Å². The molecule has 0 aromatic carbocycles. The summed E-state index contributed by atoms with van der Waals surface area (Å²) in [5, 5.41) is 5.61. The minimum Gasteiger partial charge on any atom is -0.357 e. The van der Waals surface area contributed by atoms with Crippen LogP contribution in [0.3, 0.4) is 0 Å². The fraction of sp³-hybridized carbons (Fsp3) is 0.417. The molecular formula is C12H14ClN5S. The van der Waals surface area contributed by atoms with E-state index >= 15 is 0 Å². The van der Waals surface area contributed by atoms with Crippen molar-refractivity contribution in [2.75, 3.05) is 30.4 Å². The fourth-order valence-electron chi connectivity index (χ4n) is 2.09. The highest BCUT2D eigenvalue weighted by atomic mass is 35.5. The Hall–Kier alpha value is -1.40. The second-order valence-electron chi connectivity index (χ2n) is 4.32. The molecule has 0 atom stereocenters. The Balaban J connectivity index is 2.04. The first kappa shape index (κ1) is 12.6. The second-order valence-corrected chi connectivity index (χ2v) is 5.65. The number of nitrogens with one attached hydrogen (secondary N) is 1. The Morgan fingerprint density at radius 3 is 2.68 bits per heavy atom. The third kappa shape index (κ3) is 2.50. The minimum atomic E-state index is 0.580. The van der Waals surface area contributed by atoms with Crippen LogP contribution >= 0.6 is 22.9 Å². The molecule has 1 aliphatic rings. The van der Waals surface area contributed by atoms with Gasteiger partial charge in [0.2, 0.25) is 11.9 Å². The van der Waals surface area contributed by atoms with Crippen molar-refractivity contribution < 1.29 is 0 Å².